The van der Waals surface area contributed by atoms with Crippen LogP contribution in [0.25, 0.3) is 10.9 Å². The van der Waals surface area contributed by atoms with Crippen LogP contribution in [0.3, 0.4) is 0 Å². The second kappa shape index (κ2) is 7.51. The third-order valence-corrected chi connectivity index (χ3v) is 5.77. The summed E-state index contributed by atoms with van der Waals surface area (Å²) < 4.78 is 14.3. The number of nitrogens with one attached hydrogen (secondary N) is 1. The molecule has 7 heteroatoms. The van der Waals surface area contributed by atoms with Gasteiger partial charge in [0.2, 0.25) is 0 Å². The fourth-order valence-corrected chi connectivity index (χ4v) is 3.69. The Bertz CT molecular complexity index is 1150. The number of hydrogen-bond acceptors (Lipinski definition) is 5. The molecule has 5 nitrogen and oxygen atoms in total. The molecule has 4 rings (SSSR count). The van der Waals surface area contributed by atoms with Crippen LogP contribution in [-0.4, -0.2) is 34.0 Å². The first-order valence-electron chi connectivity index (χ1n) is 9.37. The molecule has 0 radical (unpaired) electrons. The van der Waals surface area contributed by atoms with E-state index in [1.807, 2.05) is 6.07 Å². The summed E-state index contributed by atoms with van der Waals surface area (Å²) in [5, 5.41) is 3.70. The Kier molecular flexibility index (Phi) is 5.03. The highest BCUT2D eigenvalue weighted by atomic mass is 35.5. The van der Waals surface area contributed by atoms with E-state index in [2.05, 4.69) is 46.0 Å². The summed E-state index contributed by atoms with van der Waals surface area (Å²) in [4.78, 5) is 10.8. The summed E-state index contributed by atoms with van der Waals surface area (Å²) in [6.45, 7) is 3.19. The molecule has 0 spiro atoms. The lowest BCUT2D eigenvalue weighted by molar-refractivity contribution is 0.262. The molecule has 0 saturated carbocycles. The summed E-state index contributed by atoms with van der Waals surface area (Å²) in [5.74, 6) is 6.51. The van der Waals surface area contributed by atoms with Crippen molar-refractivity contribution in [3.63, 3.8) is 0 Å². The first kappa shape index (κ1) is 19.4. The van der Waals surface area contributed by atoms with Gasteiger partial charge in [-0.25, -0.2) is 14.4 Å². The van der Waals surface area contributed by atoms with Crippen molar-refractivity contribution in [2.75, 3.05) is 24.6 Å². The summed E-state index contributed by atoms with van der Waals surface area (Å²) in [6, 6.07) is 8.37. The van der Waals surface area contributed by atoms with Gasteiger partial charge in [0.1, 0.15) is 12.1 Å². The number of nitrogens with zero attached hydrogens (tertiary/aromatic N) is 3. The molecular formula is C22H21ClFN5. The van der Waals surface area contributed by atoms with Gasteiger partial charge in [0.25, 0.3) is 0 Å². The Hall–Kier alpha value is -2.88. The Morgan fingerprint density at radius 2 is 2.14 bits per heavy atom. The van der Waals surface area contributed by atoms with Crippen molar-refractivity contribution >= 4 is 39.7 Å². The average Bonchev–Trinajstić information content (AvgIpc) is 3.03. The minimum absolute atomic E-state index is 0.0378. The van der Waals surface area contributed by atoms with Crippen molar-refractivity contribution in [3.05, 3.63) is 53.1 Å². The molecule has 29 heavy (non-hydrogen) atoms. The van der Waals surface area contributed by atoms with Crippen molar-refractivity contribution in [1.82, 2.24) is 14.9 Å². The molecule has 1 saturated heterocycles. The number of benzene rings is 2. The van der Waals surface area contributed by atoms with E-state index in [0.29, 0.717) is 22.4 Å². The molecule has 148 valence electrons. The molecule has 1 aliphatic heterocycles. The van der Waals surface area contributed by atoms with Crippen LogP contribution >= 0.6 is 11.6 Å². The zero-order chi connectivity index (χ0) is 20.6. The second-order valence-corrected chi connectivity index (χ2v) is 7.86. The van der Waals surface area contributed by atoms with Gasteiger partial charge in [-0.3, -0.25) is 4.90 Å². The number of nitrogens with two attached hydrogens (primary N) is 1. The van der Waals surface area contributed by atoms with Crippen LogP contribution in [0.4, 0.5) is 21.6 Å². The Labute approximate surface area is 174 Å². The van der Waals surface area contributed by atoms with Gasteiger partial charge in [0.15, 0.2) is 5.82 Å². The molecule has 0 bridgehead atoms. The molecule has 1 unspecified atom stereocenters. The van der Waals surface area contributed by atoms with E-state index < -0.39 is 5.82 Å². The van der Waals surface area contributed by atoms with E-state index in [1.165, 1.54) is 12.4 Å². The second-order valence-electron chi connectivity index (χ2n) is 7.45. The molecule has 0 aliphatic carbocycles. The van der Waals surface area contributed by atoms with E-state index in [0.717, 1.165) is 24.9 Å². The molecule has 1 fully saturated rings. The topological polar surface area (TPSA) is 67.1 Å². The SMILES string of the molecule is CN1CCCC1(C)C#Cc1cc2ncnc(Nc3cccc(Cl)c3F)c2cc1N. The van der Waals surface area contributed by atoms with Gasteiger partial charge in [-0.15, -0.1) is 0 Å². The van der Waals surface area contributed by atoms with Gasteiger partial charge in [0.05, 0.1) is 21.8 Å². The smallest absolute Gasteiger partial charge is 0.165 e. The van der Waals surface area contributed by atoms with Crippen molar-refractivity contribution in [1.29, 1.82) is 0 Å². The maximum absolute atomic E-state index is 14.3. The van der Waals surface area contributed by atoms with Crippen LogP contribution in [0, 0.1) is 17.7 Å². The van der Waals surface area contributed by atoms with Crippen molar-refractivity contribution in [2.24, 2.45) is 0 Å². The summed E-state index contributed by atoms with van der Waals surface area (Å²) in [6.07, 6.45) is 3.59. The monoisotopic (exact) mass is 409 g/mol. The zero-order valence-electron chi connectivity index (χ0n) is 16.3. The van der Waals surface area contributed by atoms with Gasteiger partial charge in [-0.05, 0) is 57.6 Å². The van der Waals surface area contributed by atoms with E-state index in [9.17, 15) is 4.39 Å². The van der Waals surface area contributed by atoms with E-state index in [1.54, 1.807) is 18.2 Å². The van der Waals surface area contributed by atoms with Gasteiger partial charge in [-0.1, -0.05) is 29.5 Å². The molecule has 0 amide bonds. The summed E-state index contributed by atoms with van der Waals surface area (Å²) >= 11 is 5.87. The maximum Gasteiger partial charge on any atom is 0.165 e. The lowest BCUT2D eigenvalue weighted by Crippen LogP contribution is -2.36. The minimum atomic E-state index is -0.537. The molecule has 2 aromatic carbocycles. The van der Waals surface area contributed by atoms with E-state index >= 15 is 0 Å². The number of rotatable bonds is 2. The number of halogens is 2. The predicted molar refractivity (Wildman–Crippen MR) is 116 cm³/mol. The van der Waals surface area contributed by atoms with Crippen molar-refractivity contribution in [3.8, 4) is 11.8 Å². The quantitative estimate of drug-likeness (QED) is 0.479. The normalized spacial score (nSPS) is 19.2. The summed E-state index contributed by atoms with van der Waals surface area (Å²) in [7, 11) is 2.09. The van der Waals surface area contributed by atoms with Crippen LogP contribution in [0.1, 0.15) is 25.3 Å². The Balaban J connectivity index is 1.72. The highest BCUT2D eigenvalue weighted by molar-refractivity contribution is 6.31. The van der Waals surface area contributed by atoms with Crippen molar-refractivity contribution in [2.45, 2.75) is 25.3 Å². The molecule has 1 aliphatic rings. The molecular weight excluding hydrogens is 389 g/mol. The number of hydrogen-bond donors (Lipinski definition) is 2. The molecule has 1 aromatic heterocycles. The number of fused-ring (bicyclic) bond motifs is 1. The van der Waals surface area contributed by atoms with Crippen LogP contribution in [0.5, 0.6) is 0 Å². The zero-order valence-corrected chi connectivity index (χ0v) is 17.0. The highest BCUT2D eigenvalue weighted by Gasteiger charge is 2.31. The molecule has 2 heterocycles. The number of aromatic nitrogens is 2. The highest BCUT2D eigenvalue weighted by Crippen LogP contribution is 2.30. The predicted octanol–water partition coefficient (Wildman–Crippen LogP) is 4.58. The van der Waals surface area contributed by atoms with Crippen LogP contribution in [-0.2, 0) is 0 Å². The van der Waals surface area contributed by atoms with Crippen molar-refractivity contribution < 1.29 is 4.39 Å². The van der Waals surface area contributed by atoms with Crippen LogP contribution in [0.2, 0.25) is 5.02 Å². The van der Waals surface area contributed by atoms with Gasteiger partial charge in [0, 0.05) is 16.6 Å². The summed E-state index contributed by atoms with van der Waals surface area (Å²) in [5.41, 5.74) is 8.28. The molecule has 1 atom stereocenters. The van der Waals surface area contributed by atoms with Gasteiger partial charge < -0.3 is 11.1 Å². The largest absolute Gasteiger partial charge is 0.398 e. The maximum atomic E-state index is 14.3. The lowest BCUT2D eigenvalue weighted by Gasteiger charge is -2.26. The fraction of sp³-hybridized carbons (Fsp3) is 0.273. The van der Waals surface area contributed by atoms with Crippen LogP contribution < -0.4 is 11.1 Å². The average molecular weight is 410 g/mol. The third-order valence-electron chi connectivity index (χ3n) is 5.48. The van der Waals surface area contributed by atoms with Gasteiger partial charge >= 0.3 is 0 Å². The van der Waals surface area contributed by atoms with Crippen LogP contribution in [0.15, 0.2) is 36.7 Å². The van der Waals surface area contributed by atoms with Gasteiger partial charge in [-0.2, -0.15) is 0 Å². The number of likely N-dealkylation sites (tertiary alicyclic amines) is 1. The van der Waals surface area contributed by atoms with E-state index in [4.69, 9.17) is 17.3 Å². The molecule has 3 aromatic rings. The fourth-order valence-electron chi connectivity index (χ4n) is 3.51. The first-order valence-corrected chi connectivity index (χ1v) is 9.75. The number of nitrogen functional groups attached to an aromatic ring is 1. The lowest BCUT2D eigenvalue weighted by atomic mass is 9.99. The first-order chi connectivity index (χ1) is 13.9. The minimum Gasteiger partial charge on any atom is -0.398 e. The number of anilines is 3. The Morgan fingerprint density at radius 1 is 1.31 bits per heavy atom. The third kappa shape index (κ3) is 3.71. The molecule has 3 N–H and O–H groups in total. The van der Waals surface area contributed by atoms with E-state index in [-0.39, 0.29) is 16.2 Å². The Morgan fingerprint density at radius 3 is 2.90 bits per heavy atom. The standard InChI is InChI=1S/C22H21ClFN5/c1-22(8-4-10-29(22)2)9-7-14-11-19-15(12-17(14)25)21(27-13-26-19)28-18-6-3-5-16(23)20(18)24/h3,5-6,11-13H,4,8,10,25H2,1-2H3,(H,26,27,28).